The van der Waals surface area contributed by atoms with Gasteiger partial charge in [0, 0.05) is 0 Å². The molecule has 1 aromatic rings. The molecule has 1 nitrogen and oxygen atoms in total. The molecule has 0 saturated heterocycles. The molecule has 1 aliphatic carbocycles. The van der Waals surface area contributed by atoms with Gasteiger partial charge in [-0.15, -0.1) is 0 Å². The lowest BCUT2D eigenvalue weighted by atomic mass is 9.91. The third-order valence-electron chi connectivity index (χ3n) is 3.18. The van der Waals surface area contributed by atoms with Gasteiger partial charge in [0.05, 0.1) is 10.6 Å². The second-order valence-corrected chi connectivity index (χ2v) is 4.73. The maximum absolute atomic E-state index is 13.3. The highest BCUT2D eigenvalue weighted by Crippen LogP contribution is 2.40. The highest BCUT2D eigenvalue weighted by Gasteiger charge is 2.33. The fourth-order valence-corrected chi connectivity index (χ4v) is 2.51. The van der Waals surface area contributed by atoms with Gasteiger partial charge in [-0.2, -0.15) is 0 Å². The Hall–Kier alpha value is -0.600. The summed E-state index contributed by atoms with van der Waals surface area (Å²) in [5.41, 5.74) is 0.462. The van der Waals surface area contributed by atoms with E-state index in [0.29, 0.717) is 5.56 Å². The summed E-state index contributed by atoms with van der Waals surface area (Å²) in [6.45, 7) is 1.67. The second kappa shape index (κ2) is 3.76. The van der Waals surface area contributed by atoms with Crippen molar-refractivity contribution in [2.45, 2.75) is 38.2 Å². The van der Waals surface area contributed by atoms with Crippen LogP contribution in [0.3, 0.4) is 0 Å². The summed E-state index contributed by atoms with van der Waals surface area (Å²) in [7, 11) is 0. The summed E-state index contributed by atoms with van der Waals surface area (Å²) in [6, 6.07) is 3.25. The average Bonchev–Trinajstić information content (AvgIpc) is 2.62. The predicted octanol–water partition coefficient (Wildman–Crippen LogP) is 3.55. The summed E-state index contributed by atoms with van der Waals surface area (Å²) in [6.07, 6.45) is 3.53. The molecule has 3 heteroatoms. The maximum Gasteiger partial charge on any atom is 0.144 e. The predicted molar refractivity (Wildman–Crippen MR) is 58.5 cm³/mol. The van der Waals surface area contributed by atoms with E-state index in [1.54, 1.807) is 19.1 Å². The molecule has 0 aliphatic heterocycles. The molecule has 1 fully saturated rings. The SMILES string of the molecule is Cc1cc(C2(O)CCCC2)cc(Cl)c1F. The highest BCUT2D eigenvalue weighted by atomic mass is 35.5. The lowest BCUT2D eigenvalue weighted by molar-refractivity contribution is 0.0443. The van der Waals surface area contributed by atoms with E-state index in [1.807, 2.05) is 0 Å². The van der Waals surface area contributed by atoms with Gasteiger partial charge in [-0.3, -0.25) is 0 Å². The Kier molecular flexibility index (Phi) is 2.73. The van der Waals surface area contributed by atoms with Crippen molar-refractivity contribution in [1.29, 1.82) is 0 Å². The van der Waals surface area contributed by atoms with E-state index in [-0.39, 0.29) is 10.8 Å². The van der Waals surface area contributed by atoms with Crippen LogP contribution in [0.5, 0.6) is 0 Å². The van der Waals surface area contributed by atoms with Crippen LogP contribution in [-0.4, -0.2) is 5.11 Å². The Balaban J connectivity index is 2.45. The van der Waals surface area contributed by atoms with E-state index < -0.39 is 5.60 Å². The van der Waals surface area contributed by atoms with Crippen molar-refractivity contribution in [3.05, 3.63) is 34.1 Å². The van der Waals surface area contributed by atoms with Crippen LogP contribution in [0.25, 0.3) is 0 Å². The molecular formula is C12H14ClFO. The largest absolute Gasteiger partial charge is 0.385 e. The maximum atomic E-state index is 13.3. The lowest BCUT2D eigenvalue weighted by Crippen LogP contribution is -2.21. The molecular weight excluding hydrogens is 215 g/mol. The fourth-order valence-electron chi connectivity index (χ4n) is 2.24. The summed E-state index contributed by atoms with van der Waals surface area (Å²) < 4.78 is 13.3. The van der Waals surface area contributed by atoms with Crippen molar-refractivity contribution in [2.24, 2.45) is 0 Å². The van der Waals surface area contributed by atoms with E-state index in [2.05, 4.69) is 0 Å². The summed E-state index contributed by atoms with van der Waals surface area (Å²) in [5.74, 6) is -0.387. The zero-order chi connectivity index (χ0) is 11.1. The van der Waals surface area contributed by atoms with Crippen LogP contribution in [0.15, 0.2) is 12.1 Å². The standard InChI is InChI=1S/C12H14ClFO/c1-8-6-9(7-10(13)11(8)14)12(15)4-2-3-5-12/h6-7,15H,2-5H2,1H3. The lowest BCUT2D eigenvalue weighted by Gasteiger charge is -2.23. The second-order valence-electron chi connectivity index (χ2n) is 4.33. The first kappa shape index (κ1) is 10.9. The molecule has 0 aromatic heterocycles. The van der Waals surface area contributed by atoms with E-state index in [4.69, 9.17) is 11.6 Å². The fraction of sp³-hybridized carbons (Fsp3) is 0.500. The van der Waals surface area contributed by atoms with Crippen molar-refractivity contribution < 1.29 is 9.50 Å². The van der Waals surface area contributed by atoms with E-state index in [9.17, 15) is 9.50 Å². The summed E-state index contributed by atoms with van der Waals surface area (Å²) in [5, 5.41) is 10.4. The normalized spacial score (nSPS) is 19.5. The van der Waals surface area contributed by atoms with Crippen LogP contribution in [-0.2, 0) is 5.60 Å². The molecule has 1 N–H and O–H groups in total. The van der Waals surface area contributed by atoms with Gasteiger partial charge in [0.25, 0.3) is 0 Å². The first-order valence-corrected chi connectivity index (χ1v) is 5.59. The van der Waals surface area contributed by atoms with Crippen molar-refractivity contribution in [2.75, 3.05) is 0 Å². The first-order chi connectivity index (χ1) is 7.03. The van der Waals surface area contributed by atoms with Gasteiger partial charge in [-0.1, -0.05) is 30.5 Å². The minimum Gasteiger partial charge on any atom is -0.385 e. The van der Waals surface area contributed by atoms with Gasteiger partial charge in [-0.05, 0) is 37.0 Å². The molecule has 2 rings (SSSR count). The third kappa shape index (κ3) is 1.88. The molecule has 0 radical (unpaired) electrons. The van der Waals surface area contributed by atoms with Crippen LogP contribution >= 0.6 is 11.6 Å². The number of rotatable bonds is 1. The zero-order valence-electron chi connectivity index (χ0n) is 8.69. The number of hydrogen-bond acceptors (Lipinski definition) is 1. The molecule has 1 aromatic carbocycles. The molecule has 0 amide bonds. The quantitative estimate of drug-likeness (QED) is 0.780. The van der Waals surface area contributed by atoms with E-state index >= 15 is 0 Å². The topological polar surface area (TPSA) is 20.2 Å². The Morgan fingerprint density at radius 3 is 2.47 bits per heavy atom. The number of hydrogen-bond donors (Lipinski definition) is 1. The van der Waals surface area contributed by atoms with Gasteiger partial charge in [0.15, 0.2) is 0 Å². The molecule has 1 aliphatic rings. The minimum absolute atomic E-state index is 0.102. The molecule has 0 heterocycles. The van der Waals surface area contributed by atoms with E-state index in [0.717, 1.165) is 31.2 Å². The van der Waals surface area contributed by atoms with Crippen LogP contribution in [0.1, 0.15) is 36.8 Å². The zero-order valence-corrected chi connectivity index (χ0v) is 9.44. The molecule has 15 heavy (non-hydrogen) atoms. The number of benzene rings is 1. The van der Waals surface area contributed by atoms with Crippen LogP contribution in [0, 0.1) is 12.7 Å². The van der Waals surface area contributed by atoms with Crippen LogP contribution in [0.2, 0.25) is 5.02 Å². The van der Waals surface area contributed by atoms with Gasteiger partial charge in [0.1, 0.15) is 5.82 Å². The van der Waals surface area contributed by atoms with Crippen molar-refractivity contribution in [1.82, 2.24) is 0 Å². The van der Waals surface area contributed by atoms with Gasteiger partial charge in [0.2, 0.25) is 0 Å². The molecule has 0 unspecified atom stereocenters. The van der Waals surface area contributed by atoms with Crippen molar-refractivity contribution in [3.63, 3.8) is 0 Å². The smallest absolute Gasteiger partial charge is 0.144 e. The highest BCUT2D eigenvalue weighted by molar-refractivity contribution is 6.30. The van der Waals surface area contributed by atoms with Crippen LogP contribution in [0.4, 0.5) is 4.39 Å². The summed E-state index contributed by atoms with van der Waals surface area (Å²) in [4.78, 5) is 0. The van der Waals surface area contributed by atoms with Gasteiger partial charge >= 0.3 is 0 Å². The average molecular weight is 229 g/mol. The Bertz CT molecular complexity index is 360. The molecule has 0 spiro atoms. The molecule has 1 saturated carbocycles. The van der Waals surface area contributed by atoms with Crippen molar-refractivity contribution in [3.8, 4) is 0 Å². The first-order valence-electron chi connectivity index (χ1n) is 5.21. The van der Waals surface area contributed by atoms with Crippen LogP contribution < -0.4 is 0 Å². The summed E-state index contributed by atoms with van der Waals surface area (Å²) >= 11 is 5.77. The monoisotopic (exact) mass is 228 g/mol. The Labute approximate surface area is 93.9 Å². The number of halogens is 2. The molecule has 0 atom stereocenters. The van der Waals surface area contributed by atoms with E-state index in [1.165, 1.54) is 0 Å². The number of aryl methyl sites for hydroxylation is 1. The Morgan fingerprint density at radius 2 is 1.93 bits per heavy atom. The molecule has 0 bridgehead atoms. The van der Waals surface area contributed by atoms with Crippen molar-refractivity contribution >= 4 is 11.6 Å². The third-order valence-corrected chi connectivity index (χ3v) is 3.45. The minimum atomic E-state index is -0.790. The van der Waals surface area contributed by atoms with Gasteiger partial charge < -0.3 is 5.11 Å². The molecule has 82 valence electrons. The Morgan fingerprint density at radius 1 is 1.33 bits per heavy atom. The van der Waals surface area contributed by atoms with Gasteiger partial charge in [-0.25, -0.2) is 4.39 Å². The number of aliphatic hydroxyl groups is 1.